The third-order valence-corrected chi connectivity index (χ3v) is 5.08. The summed E-state index contributed by atoms with van der Waals surface area (Å²) in [5.41, 5.74) is 3.28. The average molecular weight is 359 g/mol. The molecule has 4 N–H and O–H groups in total. The molecule has 0 bridgehead atoms. The smallest absolute Gasteiger partial charge is 0.264 e. The number of aliphatic hydroxyl groups excluding tert-OH is 1. The number of aliphatic hydroxyl groups is 1. The summed E-state index contributed by atoms with van der Waals surface area (Å²) in [4.78, 5) is 4.27. The molecule has 0 saturated heterocycles. The summed E-state index contributed by atoms with van der Waals surface area (Å²) in [7, 11) is -3.79. The van der Waals surface area contributed by atoms with E-state index in [1.54, 1.807) is 60.2 Å². The summed E-state index contributed by atoms with van der Waals surface area (Å²) in [5, 5.41) is 18.7. The van der Waals surface area contributed by atoms with E-state index in [0.717, 1.165) is 10.9 Å². The maximum atomic E-state index is 12.7. The van der Waals surface area contributed by atoms with Crippen LogP contribution in [0.25, 0.3) is 10.9 Å². The van der Waals surface area contributed by atoms with Crippen LogP contribution in [0, 0.1) is 0 Å². The second-order valence-corrected chi connectivity index (χ2v) is 7.13. The van der Waals surface area contributed by atoms with Gasteiger partial charge in [0, 0.05) is 23.7 Å². The Morgan fingerprint density at radius 3 is 2.48 bits per heavy atom. The lowest BCUT2D eigenvalue weighted by Crippen LogP contribution is -2.27. The molecule has 0 spiro atoms. The highest BCUT2D eigenvalue weighted by atomic mass is 32.2. The van der Waals surface area contributed by atoms with Gasteiger partial charge in [0.25, 0.3) is 10.0 Å². The molecule has 130 valence electrons. The number of benzene rings is 2. The summed E-state index contributed by atoms with van der Waals surface area (Å²) >= 11 is 0. The van der Waals surface area contributed by atoms with Crippen LogP contribution in [-0.2, 0) is 16.4 Å². The number of sulfonamides is 1. The molecule has 3 rings (SSSR count). The molecule has 0 saturated carbocycles. The number of hydrogen-bond acceptors (Lipinski definition) is 6. The molecule has 1 atom stereocenters. The number of hydrogen-bond donors (Lipinski definition) is 4. The molecule has 1 aromatic heterocycles. The second kappa shape index (κ2) is 7.16. The van der Waals surface area contributed by atoms with Gasteiger partial charge in [-0.25, -0.2) is 8.42 Å². The lowest BCUT2D eigenvalue weighted by Gasteiger charge is -2.11. The number of nitrogens with zero attached hydrogens (tertiary/aromatic N) is 1. The third kappa shape index (κ3) is 3.94. The number of nitrogens with one attached hydrogen (secondary N) is 2. The predicted molar refractivity (Wildman–Crippen MR) is 93.6 cm³/mol. The Morgan fingerprint density at radius 1 is 1.04 bits per heavy atom. The SMILES string of the molecule is O=S(=O)(Nc1ccc(CC(O)NO)cc1)c1cccc2cccnc12. The Bertz CT molecular complexity index is 969. The zero-order valence-corrected chi connectivity index (χ0v) is 13.9. The van der Waals surface area contributed by atoms with Gasteiger partial charge in [-0.1, -0.05) is 30.3 Å². The van der Waals surface area contributed by atoms with E-state index in [4.69, 9.17) is 5.21 Å². The van der Waals surface area contributed by atoms with Gasteiger partial charge in [-0.3, -0.25) is 9.71 Å². The summed E-state index contributed by atoms with van der Waals surface area (Å²) in [6.45, 7) is 0. The van der Waals surface area contributed by atoms with E-state index in [1.165, 1.54) is 6.07 Å². The molecule has 7 nitrogen and oxygen atoms in total. The Balaban J connectivity index is 1.86. The highest BCUT2D eigenvalue weighted by molar-refractivity contribution is 7.93. The van der Waals surface area contributed by atoms with E-state index in [2.05, 4.69) is 9.71 Å². The zero-order valence-electron chi connectivity index (χ0n) is 13.1. The van der Waals surface area contributed by atoms with Gasteiger partial charge in [-0.15, -0.1) is 0 Å². The molecule has 2 aromatic carbocycles. The monoisotopic (exact) mass is 359 g/mol. The maximum Gasteiger partial charge on any atom is 0.264 e. The van der Waals surface area contributed by atoms with Crippen molar-refractivity contribution in [1.29, 1.82) is 0 Å². The fourth-order valence-corrected chi connectivity index (χ4v) is 3.72. The van der Waals surface area contributed by atoms with Crippen molar-refractivity contribution in [3.05, 3.63) is 66.4 Å². The number of anilines is 1. The largest absolute Gasteiger partial charge is 0.376 e. The highest BCUT2D eigenvalue weighted by Gasteiger charge is 2.18. The Labute approximate surface area is 145 Å². The van der Waals surface area contributed by atoms with E-state index >= 15 is 0 Å². The minimum absolute atomic E-state index is 0.106. The lowest BCUT2D eigenvalue weighted by molar-refractivity contribution is 0.00281. The highest BCUT2D eigenvalue weighted by Crippen LogP contribution is 2.23. The van der Waals surface area contributed by atoms with Gasteiger partial charge in [-0.2, -0.15) is 5.48 Å². The molecule has 1 unspecified atom stereocenters. The van der Waals surface area contributed by atoms with E-state index in [1.807, 2.05) is 0 Å². The van der Waals surface area contributed by atoms with E-state index in [-0.39, 0.29) is 11.3 Å². The van der Waals surface area contributed by atoms with E-state index in [9.17, 15) is 13.5 Å². The molecule has 0 aliphatic rings. The van der Waals surface area contributed by atoms with Crippen LogP contribution in [0.5, 0.6) is 0 Å². The van der Waals surface area contributed by atoms with E-state index in [0.29, 0.717) is 11.2 Å². The first-order valence-corrected chi connectivity index (χ1v) is 9.01. The van der Waals surface area contributed by atoms with Gasteiger partial charge in [-0.05, 0) is 29.8 Å². The van der Waals surface area contributed by atoms with Crippen LogP contribution in [-0.4, -0.2) is 29.9 Å². The molecule has 1 heterocycles. The Hall–Kier alpha value is -2.52. The van der Waals surface area contributed by atoms with Crippen molar-refractivity contribution in [1.82, 2.24) is 10.5 Å². The van der Waals surface area contributed by atoms with Crippen LogP contribution < -0.4 is 10.2 Å². The van der Waals surface area contributed by atoms with E-state index < -0.39 is 16.3 Å². The molecule has 0 amide bonds. The summed E-state index contributed by atoms with van der Waals surface area (Å²) in [6, 6.07) is 15.1. The van der Waals surface area contributed by atoms with Crippen molar-refractivity contribution in [2.24, 2.45) is 0 Å². The number of aromatic nitrogens is 1. The van der Waals surface area contributed by atoms with Crippen molar-refractivity contribution in [2.45, 2.75) is 17.5 Å². The normalized spacial score (nSPS) is 12.9. The molecule has 0 fully saturated rings. The molecule has 8 heteroatoms. The number of fused-ring (bicyclic) bond motifs is 1. The average Bonchev–Trinajstić information content (AvgIpc) is 2.62. The minimum atomic E-state index is -3.79. The van der Waals surface area contributed by atoms with Crippen molar-refractivity contribution in [3.63, 3.8) is 0 Å². The third-order valence-electron chi connectivity index (χ3n) is 3.67. The number of para-hydroxylation sites is 1. The van der Waals surface area contributed by atoms with Crippen molar-refractivity contribution in [2.75, 3.05) is 4.72 Å². The van der Waals surface area contributed by atoms with Crippen molar-refractivity contribution in [3.8, 4) is 0 Å². The molecule has 25 heavy (non-hydrogen) atoms. The van der Waals surface area contributed by atoms with Gasteiger partial charge >= 0.3 is 0 Å². The Morgan fingerprint density at radius 2 is 1.76 bits per heavy atom. The van der Waals surface area contributed by atoms with Gasteiger partial charge < -0.3 is 10.3 Å². The molecule has 0 aliphatic carbocycles. The molecule has 0 aliphatic heterocycles. The van der Waals surface area contributed by atoms with Crippen LogP contribution >= 0.6 is 0 Å². The first-order chi connectivity index (χ1) is 12.0. The first kappa shape index (κ1) is 17.3. The summed E-state index contributed by atoms with van der Waals surface area (Å²) in [6.07, 6.45) is 0.664. The zero-order chi connectivity index (χ0) is 17.9. The maximum absolute atomic E-state index is 12.7. The van der Waals surface area contributed by atoms with Gasteiger partial charge in [0.1, 0.15) is 11.1 Å². The molecule has 0 radical (unpaired) electrons. The van der Waals surface area contributed by atoms with Crippen LogP contribution in [0.2, 0.25) is 0 Å². The van der Waals surface area contributed by atoms with Gasteiger partial charge in [0.2, 0.25) is 0 Å². The van der Waals surface area contributed by atoms with Crippen molar-refractivity contribution >= 4 is 26.6 Å². The van der Waals surface area contributed by atoms with Crippen LogP contribution in [0.4, 0.5) is 5.69 Å². The second-order valence-electron chi connectivity index (χ2n) is 5.48. The molecular weight excluding hydrogens is 342 g/mol. The van der Waals surface area contributed by atoms with Crippen LogP contribution in [0.1, 0.15) is 5.56 Å². The van der Waals surface area contributed by atoms with Crippen molar-refractivity contribution < 1.29 is 18.7 Å². The fourth-order valence-electron chi connectivity index (χ4n) is 2.48. The predicted octanol–water partition coefficient (Wildman–Crippen LogP) is 1.88. The quantitative estimate of drug-likeness (QED) is 0.395. The van der Waals surface area contributed by atoms with Gasteiger partial charge in [0.15, 0.2) is 0 Å². The summed E-state index contributed by atoms with van der Waals surface area (Å²) < 4.78 is 27.9. The van der Waals surface area contributed by atoms with Gasteiger partial charge in [0.05, 0.1) is 5.52 Å². The topological polar surface area (TPSA) is 112 Å². The number of rotatable bonds is 6. The summed E-state index contributed by atoms with van der Waals surface area (Å²) in [5.74, 6) is 0. The fraction of sp³-hybridized carbons (Fsp3) is 0.118. The standard InChI is InChI=1S/C17H17N3O4S/c21-16(19-22)11-12-6-8-14(9-7-12)20-25(23,24)15-5-1-3-13-4-2-10-18-17(13)15/h1-10,16,19-22H,11H2. The minimum Gasteiger partial charge on any atom is -0.376 e. The van der Waals surface area contributed by atoms with Crippen LogP contribution in [0.15, 0.2) is 65.7 Å². The first-order valence-electron chi connectivity index (χ1n) is 7.53. The van der Waals surface area contributed by atoms with Crippen LogP contribution in [0.3, 0.4) is 0 Å². The molecule has 3 aromatic rings. The molecular formula is C17H17N3O4S. The Kier molecular flexibility index (Phi) is 4.95. The number of pyridine rings is 1. The number of hydroxylamine groups is 1. The lowest BCUT2D eigenvalue weighted by atomic mass is 10.1.